The maximum absolute atomic E-state index is 12.8. The molecule has 17 heavy (non-hydrogen) atoms. The molecule has 0 radical (unpaired) electrons. The van der Waals surface area contributed by atoms with Crippen molar-refractivity contribution in [2.45, 2.75) is 25.4 Å². The Hall–Kier alpha value is -1.19. The van der Waals surface area contributed by atoms with Crippen LogP contribution in [-0.4, -0.2) is 5.11 Å². The largest absolute Gasteiger partial charge is 0.385 e. The molecule has 0 saturated heterocycles. The smallest absolute Gasteiger partial charge is 0.123 e. The molecule has 1 aromatic heterocycles. The normalized spacial score (nSPS) is 14.5. The van der Waals surface area contributed by atoms with E-state index < -0.39 is 5.60 Å². The Morgan fingerprint density at radius 1 is 1.24 bits per heavy atom. The third-order valence-electron chi connectivity index (χ3n) is 2.90. The zero-order chi connectivity index (χ0) is 12.3. The van der Waals surface area contributed by atoms with Crippen molar-refractivity contribution in [1.82, 2.24) is 0 Å². The van der Waals surface area contributed by atoms with Crippen LogP contribution < -0.4 is 0 Å². The highest BCUT2D eigenvalue weighted by molar-refractivity contribution is 7.09. The summed E-state index contributed by atoms with van der Waals surface area (Å²) < 4.78 is 12.8. The van der Waals surface area contributed by atoms with E-state index in [0.29, 0.717) is 6.42 Å². The van der Waals surface area contributed by atoms with Crippen molar-refractivity contribution in [2.24, 2.45) is 0 Å². The lowest BCUT2D eigenvalue weighted by Crippen LogP contribution is -2.21. The van der Waals surface area contributed by atoms with Crippen LogP contribution in [0.25, 0.3) is 0 Å². The highest BCUT2D eigenvalue weighted by Crippen LogP contribution is 2.27. The Balaban J connectivity index is 2.05. The first-order valence-corrected chi connectivity index (χ1v) is 6.47. The lowest BCUT2D eigenvalue weighted by Gasteiger charge is -2.23. The second kappa shape index (κ2) is 4.98. The van der Waals surface area contributed by atoms with E-state index in [-0.39, 0.29) is 5.82 Å². The van der Waals surface area contributed by atoms with Gasteiger partial charge in [-0.3, -0.25) is 0 Å². The topological polar surface area (TPSA) is 20.2 Å². The average molecular weight is 250 g/mol. The number of benzene rings is 1. The minimum Gasteiger partial charge on any atom is -0.385 e. The molecular formula is C14H15FOS. The third-order valence-corrected chi connectivity index (χ3v) is 3.84. The summed E-state index contributed by atoms with van der Waals surface area (Å²) in [4.78, 5) is 1.26. The van der Waals surface area contributed by atoms with Gasteiger partial charge < -0.3 is 5.11 Å². The van der Waals surface area contributed by atoms with Crippen molar-refractivity contribution in [3.05, 3.63) is 58.0 Å². The summed E-state index contributed by atoms with van der Waals surface area (Å²) in [6.07, 6.45) is 1.47. The predicted octanol–water partition coefficient (Wildman–Crippen LogP) is 3.73. The lowest BCUT2D eigenvalue weighted by atomic mass is 9.91. The van der Waals surface area contributed by atoms with Gasteiger partial charge in [0.2, 0.25) is 0 Å². The van der Waals surface area contributed by atoms with Crippen LogP contribution in [0.1, 0.15) is 23.8 Å². The van der Waals surface area contributed by atoms with Crippen LogP contribution in [0.3, 0.4) is 0 Å². The second-order valence-electron chi connectivity index (χ2n) is 4.36. The van der Waals surface area contributed by atoms with Crippen molar-refractivity contribution in [3.63, 3.8) is 0 Å². The van der Waals surface area contributed by atoms with Gasteiger partial charge in [-0.15, -0.1) is 11.3 Å². The van der Waals surface area contributed by atoms with Crippen LogP contribution in [0.4, 0.5) is 4.39 Å². The molecular weight excluding hydrogens is 235 g/mol. The van der Waals surface area contributed by atoms with Crippen molar-refractivity contribution in [3.8, 4) is 0 Å². The van der Waals surface area contributed by atoms with Gasteiger partial charge in [0.25, 0.3) is 0 Å². The summed E-state index contributed by atoms with van der Waals surface area (Å²) in [5.74, 6) is -0.275. The molecule has 0 spiro atoms. The standard InChI is InChI=1S/C14H15FOS/c1-14(16,9-8-13-3-2-10-17-13)11-4-6-12(15)7-5-11/h2-7,10,16H,8-9H2,1H3. The number of hydrogen-bond acceptors (Lipinski definition) is 2. The van der Waals surface area contributed by atoms with E-state index in [4.69, 9.17) is 0 Å². The van der Waals surface area contributed by atoms with Gasteiger partial charge in [-0.25, -0.2) is 4.39 Å². The fourth-order valence-corrected chi connectivity index (χ4v) is 2.48. The molecule has 2 aromatic rings. The molecule has 0 saturated carbocycles. The second-order valence-corrected chi connectivity index (χ2v) is 5.39. The Morgan fingerprint density at radius 2 is 1.94 bits per heavy atom. The molecule has 90 valence electrons. The Morgan fingerprint density at radius 3 is 2.53 bits per heavy atom. The number of rotatable bonds is 4. The van der Waals surface area contributed by atoms with Crippen LogP contribution in [0, 0.1) is 5.82 Å². The van der Waals surface area contributed by atoms with Gasteiger partial charge in [-0.1, -0.05) is 18.2 Å². The molecule has 0 aliphatic rings. The summed E-state index contributed by atoms with van der Waals surface area (Å²) in [5.41, 5.74) is -0.145. The van der Waals surface area contributed by atoms with Crippen LogP contribution in [0.15, 0.2) is 41.8 Å². The van der Waals surface area contributed by atoms with E-state index >= 15 is 0 Å². The van der Waals surface area contributed by atoms with Crippen LogP contribution in [-0.2, 0) is 12.0 Å². The number of aliphatic hydroxyl groups is 1. The fourth-order valence-electron chi connectivity index (χ4n) is 1.77. The fraction of sp³-hybridized carbons (Fsp3) is 0.286. The highest BCUT2D eigenvalue weighted by Gasteiger charge is 2.22. The molecule has 2 rings (SSSR count). The molecule has 0 bridgehead atoms. The molecule has 3 heteroatoms. The van der Waals surface area contributed by atoms with Crippen LogP contribution in [0.2, 0.25) is 0 Å². The molecule has 1 heterocycles. The molecule has 0 fully saturated rings. The van der Waals surface area contributed by atoms with Crippen molar-refractivity contribution in [1.29, 1.82) is 0 Å². The Kier molecular flexibility index (Phi) is 3.60. The van der Waals surface area contributed by atoms with E-state index in [0.717, 1.165) is 12.0 Å². The molecule has 0 aliphatic carbocycles. The van der Waals surface area contributed by atoms with Gasteiger partial charge in [0.1, 0.15) is 5.82 Å². The molecule has 0 aliphatic heterocycles. The van der Waals surface area contributed by atoms with Gasteiger partial charge in [-0.2, -0.15) is 0 Å². The van der Waals surface area contributed by atoms with Gasteiger partial charge >= 0.3 is 0 Å². The first-order chi connectivity index (χ1) is 8.08. The number of hydrogen-bond donors (Lipinski definition) is 1. The van der Waals surface area contributed by atoms with Crippen molar-refractivity contribution in [2.75, 3.05) is 0 Å². The summed E-state index contributed by atoms with van der Waals surface area (Å²) in [7, 11) is 0. The van der Waals surface area contributed by atoms with E-state index in [1.54, 1.807) is 30.4 Å². The summed E-state index contributed by atoms with van der Waals surface area (Å²) in [6, 6.07) is 10.1. The minimum absolute atomic E-state index is 0.275. The molecule has 1 nitrogen and oxygen atoms in total. The number of halogens is 1. The maximum atomic E-state index is 12.8. The summed E-state index contributed by atoms with van der Waals surface area (Å²) >= 11 is 1.69. The zero-order valence-corrected chi connectivity index (χ0v) is 10.5. The molecule has 1 aromatic carbocycles. The quantitative estimate of drug-likeness (QED) is 0.876. The third kappa shape index (κ3) is 3.14. The van der Waals surface area contributed by atoms with Gasteiger partial charge in [-0.05, 0) is 48.9 Å². The first kappa shape index (κ1) is 12.3. The molecule has 1 N–H and O–H groups in total. The van der Waals surface area contributed by atoms with Gasteiger partial charge in [0.05, 0.1) is 5.60 Å². The van der Waals surface area contributed by atoms with E-state index in [1.807, 2.05) is 11.4 Å². The molecule has 0 amide bonds. The van der Waals surface area contributed by atoms with Crippen LogP contribution in [0.5, 0.6) is 0 Å². The number of thiophene rings is 1. The predicted molar refractivity (Wildman–Crippen MR) is 68.6 cm³/mol. The van der Waals surface area contributed by atoms with Gasteiger partial charge in [0, 0.05) is 4.88 Å². The van der Waals surface area contributed by atoms with Crippen molar-refractivity contribution >= 4 is 11.3 Å². The minimum atomic E-state index is -0.905. The lowest BCUT2D eigenvalue weighted by molar-refractivity contribution is 0.0482. The monoisotopic (exact) mass is 250 g/mol. The highest BCUT2D eigenvalue weighted by atomic mass is 32.1. The van der Waals surface area contributed by atoms with E-state index in [9.17, 15) is 9.50 Å². The first-order valence-electron chi connectivity index (χ1n) is 5.59. The average Bonchev–Trinajstić information content (AvgIpc) is 2.80. The SMILES string of the molecule is CC(O)(CCc1cccs1)c1ccc(F)cc1. The molecule has 1 atom stereocenters. The van der Waals surface area contributed by atoms with Crippen molar-refractivity contribution < 1.29 is 9.50 Å². The zero-order valence-electron chi connectivity index (χ0n) is 9.69. The Labute approximate surface area is 105 Å². The van der Waals surface area contributed by atoms with E-state index in [2.05, 4.69) is 6.07 Å². The Bertz CT molecular complexity index is 459. The summed E-state index contributed by atoms with van der Waals surface area (Å²) in [6.45, 7) is 1.77. The van der Waals surface area contributed by atoms with E-state index in [1.165, 1.54) is 17.0 Å². The molecule has 1 unspecified atom stereocenters. The maximum Gasteiger partial charge on any atom is 0.123 e. The van der Waals surface area contributed by atoms with Crippen LogP contribution >= 0.6 is 11.3 Å². The van der Waals surface area contributed by atoms with Gasteiger partial charge in [0.15, 0.2) is 0 Å². The summed E-state index contributed by atoms with van der Waals surface area (Å²) in [5, 5.41) is 12.4. The number of aryl methyl sites for hydroxylation is 1.